The SMILES string of the molecule is CC(=O)Nc1ccn([C@@H]2S[C@@H](OC(=O)c3ccc4ccccc4c3C)[C@@H](OC(=O)c3ccc4ccccc4c3)[C@@H]2F)c(=O)n1. The fourth-order valence-electron chi connectivity index (χ4n) is 5.22. The van der Waals surface area contributed by atoms with Crippen LogP contribution in [-0.4, -0.2) is 45.1 Å². The van der Waals surface area contributed by atoms with Gasteiger partial charge in [-0.25, -0.2) is 18.8 Å². The molecule has 5 aromatic rings. The third kappa shape index (κ3) is 5.66. The van der Waals surface area contributed by atoms with Gasteiger partial charge in [0.15, 0.2) is 17.7 Å². The van der Waals surface area contributed by atoms with Gasteiger partial charge in [-0.2, -0.15) is 4.98 Å². The number of esters is 2. The normalized spacial score (nSPS) is 19.5. The first kappa shape index (κ1) is 29.1. The molecular weight excluding hydrogens is 585 g/mol. The lowest BCUT2D eigenvalue weighted by Gasteiger charge is -2.21. The number of benzene rings is 4. The summed E-state index contributed by atoms with van der Waals surface area (Å²) in [4.78, 5) is 54.8. The molecule has 0 saturated carbocycles. The molecule has 2 heterocycles. The molecular formula is C33H26FN3O6S. The number of fused-ring (bicyclic) bond motifs is 2. The Hall–Kier alpha value is -5.03. The van der Waals surface area contributed by atoms with Crippen LogP contribution in [0.3, 0.4) is 0 Å². The maximum atomic E-state index is 16.2. The quantitative estimate of drug-likeness (QED) is 0.239. The summed E-state index contributed by atoms with van der Waals surface area (Å²) in [6, 6.07) is 24.8. The topological polar surface area (TPSA) is 117 Å². The Morgan fingerprint density at radius 2 is 1.59 bits per heavy atom. The molecule has 0 radical (unpaired) electrons. The number of hydrogen-bond acceptors (Lipinski definition) is 8. The summed E-state index contributed by atoms with van der Waals surface area (Å²) in [6.45, 7) is 3.06. The third-order valence-electron chi connectivity index (χ3n) is 7.41. The number of ether oxygens (including phenoxy) is 2. The molecule has 1 aromatic heterocycles. The van der Waals surface area contributed by atoms with E-state index in [1.165, 1.54) is 19.2 Å². The molecule has 6 rings (SSSR count). The maximum Gasteiger partial charge on any atom is 0.350 e. The highest BCUT2D eigenvalue weighted by molar-refractivity contribution is 8.00. The number of thioether (sulfide) groups is 1. The molecule has 4 aromatic carbocycles. The summed E-state index contributed by atoms with van der Waals surface area (Å²) in [5, 5.41) is 4.67. The van der Waals surface area contributed by atoms with Crippen molar-refractivity contribution in [2.45, 2.75) is 36.9 Å². The van der Waals surface area contributed by atoms with Crippen molar-refractivity contribution in [1.82, 2.24) is 9.55 Å². The van der Waals surface area contributed by atoms with Gasteiger partial charge in [0.1, 0.15) is 11.2 Å². The highest BCUT2D eigenvalue weighted by Gasteiger charge is 2.51. The molecule has 0 bridgehead atoms. The van der Waals surface area contributed by atoms with E-state index in [1.807, 2.05) is 48.5 Å². The monoisotopic (exact) mass is 611 g/mol. The van der Waals surface area contributed by atoms with Gasteiger partial charge < -0.3 is 14.8 Å². The molecule has 0 unspecified atom stereocenters. The minimum Gasteiger partial charge on any atom is -0.451 e. The Kier molecular flexibility index (Phi) is 7.88. The molecule has 11 heteroatoms. The zero-order valence-electron chi connectivity index (χ0n) is 23.6. The van der Waals surface area contributed by atoms with Gasteiger partial charge in [-0.15, -0.1) is 0 Å². The van der Waals surface area contributed by atoms with Crippen LogP contribution in [0.2, 0.25) is 0 Å². The van der Waals surface area contributed by atoms with Gasteiger partial charge in [-0.1, -0.05) is 72.4 Å². The highest BCUT2D eigenvalue weighted by atomic mass is 32.2. The van der Waals surface area contributed by atoms with Crippen LogP contribution < -0.4 is 11.0 Å². The van der Waals surface area contributed by atoms with Crippen molar-refractivity contribution in [2.75, 3.05) is 5.32 Å². The van der Waals surface area contributed by atoms with Crippen molar-refractivity contribution >= 4 is 57.0 Å². The average Bonchev–Trinajstić information content (AvgIpc) is 3.30. The van der Waals surface area contributed by atoms with E-state index >= 15 is 4.39 Å². The van der Waals surface area contributed by atoms with Gasteiger partial charge in [0.25, 0.3) is 0 Å². The lowest BCUT2D eigenvalue weighted by Crippen LogP contribution is -2.37. The van der Waals surface area contributed by atoms with Crippen LogP contribution in [0.4, 0.5) is 10.2 Å². The molecule has 1 saturated heterocycles. The zero-order valence-corrected chi connectivity index (χ0v) is 24.4. The predicted octanol–water partition coefficient (Wildman–Crippen LogP) is 5.81. The van der Waals surface area contributed by atoms with Crippen LogP contribution in [0.15, 0.2) is 95.9 Å². The number of nitrogens with zero attached hydrogens (tertiary/aromatic N) is 2. The summed E-state index contributed by atoms with van der Waals surface area (Å²) >= 11 is 0.826. The Bertz CT molecular complexity index is 2000. The van der Waals surface area contributed by atoms with E-state index in [2.05, 4.69) is 10.3 Å². The number of hydrogen-bond donors (Lipinski definition) is 1. The van der Waals surface area contributed by atoms with Crippen molar-refractivity contribution in [3.63, 3.8) is 0 Å². The molecule has 1 aliphatic rings. The molecule has 1 N–H and O–H groups in total. The van der Waals surface area contributed by atoms with E-state index in [4.69, 9.17) is 9.47 Å². The smallest absolute Gasteiger partial charge is 0.350 e. The predicted molar refractivity (Wildman–Crippen MR) is 165 cm³/mol. The molecule has 1 amide bonds. The molecule has 44 heavy (non-hydrogen) atoms. The number of halogens is 1. The van der Waals surface area contributed by atoms with Gasteiger partial charge in [0.2, 0.25) is 5.91 Å². The molecule has 222 valence electrons. The molecule has 9 nitrogen and oxygen atoms in total. The summed E-state index contributed by atoms with van der Waals surface area (Å²) < 4.78 is 28.7. The number of alkyl halides is 1. The second-order valence-corrected chi connectivity index (χ2v) is 11.5. The van der Waals surface area contributed by atoms with Crippen molar-refractivity contribution < 1.29 is 28.2 Å². The van der Waals surface area contributed by atoms with Gasteiger partial charge in [-0.3, -0.25) is 9.36 Å². The lowest BCUT2D eigenvalue weighted by atomic mass is 10.0. The van der Waals surface area contributed by atoms with Crippen molar-refractivity contribution in [1.29, 1.82) is 0 Å². The first-order valence-electron chi connectivity index (χ1n) is 13.7. The van der Waals surface area contributed by atoms with Crippen molar-refractivity contribution in [3.05, 3.63) is 118 Å². The number of anilines is 1. The van der Waals surface area contributed by atoms with Gasteiger partial charge in [-0.05, 0) is 58.3 Å². The zero-order chi connectivity index (χ0) is 31.0. The van der Waals surface area contributed by atoms with Crippen LogP contribution in [-0.2, 0) is 14.3 Å². The Morgan fingerprint density at radius 3 is 2.34 bits per heavy atom. The molecule has 0 aliphatic carbocycles. The Balaban J connectivity index is 1.31. The number of nitrogens with one attached hydrogen (secondary N) is 1. The van der Waals surface area contributed by atoms with Crippen LogP contribution >= 0.6 is 11.8 Å². The lowest BCUT2D eigenvalue weighted by molar-refractivity contribution is -0.114. The number of carbonyl (C=O) groups is 3. The number of rotatable bonds is 6. The standard InChI is InChI=1S/C33H26FN3O6S/c1-18-24-10-6-5-8-21(24)13-14-25(18)31(40)43-32-28(42-30(39)23-12-11-20-7-3-4-9-22(20)17-23)27(34)29(44-32)37-16-15-26(35-19(2)38)36-33(37)41/h3-17,27-29,32H,1-2H3,(H,35,36,38,41)/t27-,28-,29+,32+/m0/s1. The minimum absolute atomic E-state index is 0.00574. The van der Waals surface area contributed by atoms with Crippen molar-refractivity contribution in [3.8, 4) is 0 Å². The van der Waals surface area contributed by atoms with E-state index in [0.29, 0.717) is 5.56 Å². The Morgan fingerprint density at radius 1 is 0.886 bits per heavy atom. The van der Waals surface area contributed by atoms with Crippen LogP contribution in [0, 0.1) is 6.92 Å². The van der Waals surface area contributed by atoms with E-state index < -0.39 is 46.6 Å². The first-order valence-corrected chi connectivity index (χ1v) is 14.7. The van der Waals surface area contributed by atoms with Gasteiger partial charge in [0, 0.05) is 13.1 Å². The Labute approximate surface area is 255 Å². The van der Waals surface area contributed by atoms with Gasteiger partial charge >= 0.3 is 17.6 Å². The second-order valence-electron chi connectivity index (χ2n) is 10.3. The average molecular weight is 612 g/mol. The summed E-state index contributed by atoms with van der Waals surface area (Å²) in [5.74, 6) is -1.95. The highest BCUT2D eigenvalue weighted by Crippen LogP contribution is 2.45. The summed E-state index contributed by atoms with van der Waals surface area (Å²) in [6.07, 6.45) is -2.22. The van der Waals surface area contributed by atoms with E-state index in [1.54, 1.807) is 37.3 Å². The summed E-state index contributed by atoms with van der Waals surface area (Å²) in [7, 11) is 0. The number of aryl methyl sites for hydroxylation is 1. The molecule has 1 fully saturated rings. The maximum absolute atomic E-state index is 16.2. The molecule has 1 aliphatic heterocycles. The first-order chi connectivity index (χ1) is 21.2. The van der Waals surface area contributed by atoms with E-state index in [0.717, 1.165) is 37.9 Å². The fourth-order valence-corrected chi connectivity index (χ4v) is 6.59. The van der Waals surface area contributed by atoms with Crippen LogP contribution in [0.1, 0.15) is 38.6 Å². The number of aromatic nitrogens is 2. The minimum atomic E-state index is -1.95. The van der Waals surface area contributed by atoms with Crippen LogP contribution in [0.25, 0.3) is 21.5 Å². The second kappa shape index (κ2) is 11.9. The van der Waals surface area contributed by atoms with Crippen molar-refractivity contribution in [2.24, 2.45) is 0 Å². The summed E-state index contributed by atoms with van der Waals surface area (Å²) in [5.41, 5.74) is -0.976. The number of carbonyl (C=O) groups excluding carboxylic acids is 3. The molecule has 4 atom stereocenters. The fraction of sp³-hybridized carbons (Fsp3) is 0.182. The van der Waals surface area contributed by atoms with Crippen LogP contribution in [0.5, 0.6) is 0 Å². The van der Waals surface area contributed by atoms with Gasteiger partial charge in [0.05, 0.1) is 11.1 Å². The van der Waals surface area contributed by atoms with E-state index in [-0.39, 0.29) is 16.9 Å². The number of amides is 1. The molecule has 0 spiro atoms. The largest absolute Gasteiger partial charge is 0.451 e. The third-order valence-corrected chi connectivity index (χ3v) is 8.80. The van der Waals surface area contributed by atoms with E-state index in [9.17, 15) is 19.2 Å².